The minimum absolute atomic E-state index is 0.390. The monoisotopic (exact) mass is 323 g/mol. The van der Waals surface area contributed by atoms with Gasteiger partial charge in [0.05, 0.1) is 30.8 Å². The average molecular weight is 323 g/mol. The van der Waals surface area contributed by atoms with Crippen molar-refractivity contribution in [1.82, 2.24) is 9.78 Å². The van der Waals surface area contributed by atoms with Crippen LogP contribution in [-0.2, 0) is 6.54 Å². The topological polar surface area (TPSA) is 62.3 Å². The molecule has 0 spiro atoms. The van der Waals surface area contributed by atoms with Crippen LogP contribution in [0.3, 0.4) is 0 Å². The lowest BCUT2D eigenvalue weighted by molar-refractivity contribution is 0.340. The van der Waals surface area contributed by atoms with Crippen LogP contribution in [0.25, 0.3) is 16.9 Å². The number of hydrogen-bond acceptors (Lipinski definition) is 4. The van der Waals surface area contributed by atoms with Crippen LogP contribution in [0.15, 0.2) is 54.6 Å². The molecule has 0 bridgehead atoms. The maximum absolute atomic E-state index is 5.79. The predicted octanol–water partition coefficient (Wildman–Crippen LogP) is 3.41. The second-order valence-electron chi connectivity index (χ2n) is 5.30. The first kappa shape index (κ1) is 16.1. The molecule has 0 amide bonds. The zero-order valence-electron chi connectivity index (χ0n) is 13.9. The summed E-state index contributed by atoms with van der Waals surface area (Å²) in [6.07, 6.45) is 0. The van der Waals surface area contributed by atoms with Gasteiger partial charge in [-0.3, -0.25) is 0 Å². The summed E-state index contributed by atoms with van der Waals surface area (Å²) in [5.41, 5.74) is 9.57. The van der Waals surface area contributed by atoms with Gasteiger partial charge in [0, 0.05) is 12.1 Å². The van der Waals surface area contributed by atoms with E-state index in [1.807, 2.05) is 66.2 Å². The molecule has 124 valence electrons. The van der Waals surface area contributed by atoms with Crippen molar-refractivity contribution < 1.29 is 9.47 Å². The first-order chi connectivity index (χ1) is 11.7. The van der Waals surface area contributed by atoms with Crippen molar-refractivity contribution in [2.45, 2.75) is 13.5 Å². The molecule has 0 saturated heterocycles. The SMILES string of the molecule is CCOc1ccc(-n2nc(CN)cc2-c2cccc(OC)c2)cc1. The van der Waals surface area contributed by atoms with E-state index in [4.69, 9.17) is 15.2 Å². The van der Waals surface area contributed by atoms with E-state index in [1.165, 1.54) is 0 Å². The van der Waals surface area contributed by atoms with Gasteiger partial charge < -0.3 is 15.2 Å². The number of methoxy groups -OCH3 is 1. The maximum atomic E-state index is 5.79. The molecule has 0 unspecified atom stereocenters. The molecule has 0 fully saturated rings. The second-order valence-corrected chi connectivity index (χ2v) is 5.30. The molecule has 0 aliphatic heterocycles. The van der Waals surface area contributed by atoms with Crippen LogP contribution in [0.4, 0.5) is 0 Å². The number of hydrogen-bond donors (Lipinski definition) is 1. The molecule has 0 aliphatic carbocycles. The van der Waals surface area contributed by atoms with Crippen LogP contribution in [-0.4, -0.2) is 23.5 Å². The van der Waals surface area contributed by atoms with Gasteiger partial charge in [0.25, 0.3) is 0 Å². The Kier molecular flexibility index (Phi) is 4.82. The lowest BCUT2D eigenvalue weighted by Crippen LogP contribution is -2.02. The highest BCUT2D eigenvalue weighted by Crippen LogP contribution is 2.27. The summed E-state index contributed by atoms with van der Waals surface area (Å²) in [4.78, 5) is 0. The first-order valence-electron chi connectivity index (χ1n) is 7.91. The molecule has 5 heteroatoms. The molecule has 0 aliphatic rings. The molecule has 0 radical (unpaired) electrons. The van der Waals surface area contributed by atoms with Crippen LogP contribution in [0, 0.1) is 0 Å². The summed E-state index contributed by atoms with van der Waals surface area (Å²) < 4.78 is 12.7. The zero-order chi connectivity index (χ0) is 16.9. The minimum atomic E-state index is 0.390. The van der Waals surface area contributed by atoms with Crippen LogP contribution in [0.2, 0.25) is 0 Å². The third-order valence-corrected chi connectivity index (χ3v) is 3.73. The third kappa shape index (κ3) is 3.26. The van der Waals surface area contributed by atoms with E-state index in [1.54, 1.807) is 7.11 Å². The Hall–Kier alpha value is -2.79. The number of nitrogens with zero attached hydrogens (tertiary/aromatic N) is 2. The highest BCUT2D eigenvalue weighted by atomic mass is 16.5. The molecule has 0 saturated carbocycles. The van der Waals surface area contributed by atoms with Crippen molar-refractivity contribution in [3.8, 4) is 28.4 Å². The molecule has 1 heterocycles. The fourth-order valence-corrected chi connectivity index (χ4v) is 2.56. The van der Waals surface area contributed by atoms with E-state index in [9.17, 15) is 0 Å². The van der Waals surface area contributed by atoms with E-state index in [0.717, 1.165) is 34.1 Å². The van der Waals surface area contributed by atoms with Gasteiger partial charge in [-0.15, -0.1) is 0 Å². The van der Waals surface area contributed by atoms with Crippen LogP contribution in [0.5, 0.6) is 11.5 Å². The van der Waals surface area contributed by atoms with E-state index in [2.05, 4.69) is 5.10 Å². The number of ether oxygens (including phenoxy) is 2. The number of rotatable bonds is 6. The second kappa shape index (κ2) is 7.19. The van der Waals surface area contributed by atoms with Gasteiger partial charge in [0.15, 0.2) is 0 Å². The van der Waals surface area contributed by atoms with Crippen molar-refractivity contribution >= 4 is 0 Å². The molecule has 1 aromatic heterocycles. The van der Waals surface area contributed by atoms with Gasteiger partial charge in [-0.25, -0.2) is 4.68 Å². The quantitative estimate of drug-likeness (QED) is 0.755. The van der Waals surface area contributed by atoms with Crippen molar-refractivity contribution in [2.75, 3.05) is 13.7 Å². The number of nitrogens with two attached hydrogens (primary N) is 1. The van der Waals surface area contributed by atoms with Gasteiger partial charge >= 0.3 is 0 Å². The van der Waals surface area contributed by atoms with Crippen molar-refractivity contribution in [1.29, 1.82) is 0 Å². The summed E-state index contributed by atoms with van der Waals surface area (Å²) >= 11 is 0. The van der Waals surface area contributed by atoms with E-state index in [0.29, 0.717) is 13.2 Å². The normalized spacial score (nSPS) is 10.6. The predicted molar refractivity (Wildman–Crippen MR) is 94.6 cm³/mol. The number of aromatic nitrogens is 2. The average Bonchev–Trinajstić information content (AvgIpc) is 3.07. The Labute approximate surface area is 141 Å². The van der Waals surface area contributed by atoms with Gasteiger partial charge in [-0.1, -0.05) is 12.1 Å². The van der Waals surface area contributed by atoms with Gasteiger partial charge in [-0.2, -0.15) is 5.10 Å². The standard InChI is InChI=1S/C19H21N3O2/c1-3-24-17-9-7-16(8-10-17)22-19(12-15(13-20)21-22)14-5-4-6-18(11-14)23-2/h4-12H,3,13,20H2,1-2H3. The Bertz CT molecular complexity index is 810. The van der Waals surface area contributed by atoms with Crippen molar-refractivity contribution in [3.05, 3.63) is 60.3 Å². The highest BCUT2D eigenvalue weighted by molar-refractivity contribution is 5.64. The van der Waals surface area contributed by atoms with Crippen molar-refractivity contribution in [3.63, 3.8) is 0 Å². The molecule has 3 rings (SSSR count). The minimum Gasteiger partial charge on any atom is -0.497 e. The zero-order valence-corrected chi connectivity index (χ0v) is 13.9. The summed E-state index contributed by atoms with van der Waals surface area (Å²) in [5.74, 6) is 1.65. The Balaban J connectivity index is 2.05. The maximum Gasteiger partial charge on any atom is 0.119 e. The van der Waals surface area contributed by atoms with E-state index in [-0.39, 0.29) is 0 Å². The van der Waals surface area contributed by atoms with E-state index >= 15 is 0 Å². The Morgan fingerprint density at radius 3 is 2.50 bits per heavy atom. The highest BCUT2D eigenvalue weighted by Gasteiger charge is 2.12. The molecule has 3 aromatic rings. The van der Waals surface area contributed by atoms with Gasteiger partial charge in [0.1, 0.15) is 11.5 Å². The summed E-state index contributed by atoms with van der Waals surface area (Å²) in [6.45, 7) is 3.00. The third-order valence-electron chi connectivity index (χ3n) is 3.73. The fourth-order valence-electron chi connectivity index (χ4n) is 2.56. The molecular weight excluding hydrogens is 302 g/mol. The van der Waals surface area contributed by atoms with Gasteiger partial charge in [-0.05, 0) is 49.4 Å². The largest absolute Gasteiger partial charge is 0.497 e. The molecule has 0 atom stereocenters. The van der Waals surface area contributed by atoms with E-state index < -0.39 is 0 Å². The molecule has 24 heavy (non-hydrogen) atoms. The smallest absolute Gasteiger partial charge is 0.119 e. The number of benzene rings is 2. The summed E-state index contributed by atoms with van der Waals surface area (Å²) in [5, 5.41) is 4.62. The summed E-state index contributed by atoms with van der Waals surface area (Å²) in [7, 11) is 1.66. The van der Waals surface area contributed by atoms with Crippen LogP contribution < -0.4 is 15.2 Å². The fraction of sp³-hybridized carbons (Fsp3) is 0.211. The molecular formula is C19H21N3O2. The molecule has 2 aromatic carbocycles. The lowest BCUT2D eigenvalue weighted by atomic mass is 10.1. The van der Waals surface area contributed by atoms with Crippen LogP contribution in [0.1, 0.15) is 12.6 Å². The molecule has 2 N–H and O–H groups in total. The first-order valence-corrected chi connectivity index (χ1v) is 7.91. The lowest BCUT2D eigenvalue weighted by Gasteiger charge is -2.10. The Morgan fingerprint density at radius 2 is 1.83 bits per heavy atom. The Morgan fingerprint density at radius 1 is 1.04 bits per heavy atom. The van der Waals surface area contributed by atoms with Crippen LogP contribution >= 0.6 is 0 Å². The summed E-state index contributed by atoms with van der Waals surface area (Å²) in [6, 6.07) is 17.8. The molecule has 5 nitrogen and oxygen atoms in total. The van der Waals surface area contributed by atoms with Crippen molar-refractivity contribution in [2.24, 2.45) is 5.73 Å². The van der Waals surface area contributed by atoms with Gasteiger partial charge in [0.2, 0.25) is 0 Å².